The number of rotatable bonds is 2. The topological polar surface area (TPSA) is 53.2 Å². The minimum absolute atomic E-state index is 0.424. The number of hydrogen-bond donors (Lipinski definition) is 1. The highest BCUT2D eigenvalue weighted by atomic mass is 16.5. The predicted molar refractivity (Wildman–Crippen MR) is 79.9 cm³/mol. The Bertz CT molecular complexity index is 688. The third-order valence-electron chi connectivity index (χ3n) is 4.44. The fourth-order valence-corrected chi connectivity index (χ4v) is 3.13. The zero-order chi connectivity index (χ0) is 14.9. The Balaban J connectivity index is 2.21. The molecule has 0 aromatic heterocycles. The van der Waals surface area contributed by atoms with Crippen LogP contribution >= 0.6 is 0 Å². The average Bonchev–Trinajstić information content (AvgIpc) is 2.55. The normalized spacial score (nSPS) is 23.3. The van der Waals surface area contributed by atoms with E-state index < -0.39 is 11.0 Å². The number of nitrogens with zero attached hydrogens (tertiary/aromatic N) is 1. The quantitative estimate of drug-likeness (QED) is 0.918. The number of benzene rings is 2. The van der Waals surface area contributed by atoms with Crippen LogP contribution in [0.25, 0.3) is 0 Å². The molecule has 2 unspecified atom stereocenters. The number of ether oxygens (including phenoxy) is 1. The number of aliphatic hydroxyl groups is 1. The maximum Gasteiger partial charge on any atom is 0.124 e. The molecule has 3 nitrogen and oxygen atoms in total. The maximum absolute atomic E-state index is 11.2. The Morgan fingerprint density at radius 2 is 1.81 bits per heavy atom. The molecule has 0 saturated carbocycles. The second kappa shape index (κ2) is 4.91. The van der Waals surface area contributed by atoms with Gasteiger partial charge in [0.15, 0.2) is 0 Å². The summed E-state index contributed by atoms with van der Waals surface area (Å²) in [6.07, 6.45) is 0.461. The van der Waals surface area contributed by atoms with Gasteiger partial charge < -0.3 is 9.84 Å². The van der Waals surface area contributed by atoms with Gasteiger partial charge in [-0.25, -0.2) is 0 Å². The van der Waals surface area contributed by atoms with E-state index in [4.69, 9.17) is 4.74 Å². The Hall–Kier alpha value is -2.31. The molecule has 1 N–H and O–H groups in total. The Morgan fingerprint density at radius 1 is 1.14 bits per heavy atom. The van der Waals surface area contributed by atoms with Crippen LogP contribution in [0.2, 0.25) is 0 Å². The van der Waals surface area contributed by atoms with Crippen molar-refractivity contribution in [3.05, 3.63) is 65.7 Å². The van der Waals surface area contributed by atoms with Crippen LogP contribution in [0.1, 0.15) is 24.5 Å². The second-order valence-electron chi connectivity index (χ2n) is 5.55. The summed E-state index contributed by atoms with van der Waals surface area (Å²) < 4.78 is 5.65. The van der Waals surface area contributed by atoms with Gasteiger partial charge in [-0.3, -0.25) is 0 Å². The molecule has 0 bridgehead atoms. The summed E-state index contributed by atoms with van der Waals surface area (Å²) in [4.78, 5) is 0. The van der Waals surface area contributed by atoms with E-state index in [1.54, 1.807) is 6.92 Å². The van der Waals surface area contributed by atoms with Gasteiger partial charge in [0.2, 0.25) is 0 Å². The molecule has 1 aliphatic rings. The lowest BCUT2D eigenvalue weighted by Crippen LogP contribution is -2.49. The molecule has 0 amide bonds. The summed E-state index contributed by atoms with van der Waals surface area (Å²) in [5, 5.41) is 21.1. The summed E-state index contributed by atoms with van der Waals surface area (Å²) in [6, 6.07) is 19.2. The number of fused-ring (bicyclic) bond motifs is 1. The molecule has 1 heterocycles. The van der Waals surface area contributed by atoms with Crippen LogP contribution < -0.4 is 4.74 Å². The van der Waals surface area contributed by atoms with Crippen LogP contribution in [0.5, 0.6) is 5.75 Å². The lowest BCUT2D eigenvalue weighted by atomic mass is 9.63. The van der Waals surface area contributed by atoms with E-state index in [0.717, 1.165) is 11.1 Å². The molecular weight excluding hydrogens is 262 g/mol. The molecule has 2 aromatic rings. The van der Waals surface area contributed by atoms with Gasteiger partial charge in [-0.05, 0) is 18.6 Å². The molecule has 3 heteroatoms. The van der Waals surface area contributed by atoms with Gasteiger partial charge in [-0.15, -0.1) is 0 Å². The van der Waals surface area contributed by atoms with Crippen molar-refractivity contribution >= 4 is 0 Å². The van der Waals surface area contributed by atoms with Crippen LogP contribution in [0, 0.1) is 11.3 Å². The van der Waals surface area contributed by atoms with E-state index in [1.165, 1.54) is 0 Å². The van der Waals surface area contributed by atoms with Crippen molar-refractivity contribution in [2.45, 2.75) is 24.4 Å². The maximum atomic E-state index is 11.2. The van der Waals surface area contributed by atoms with E-state index in [1.807, 2.05) is 54.6 Å². The molecule has 2 atom stereocenters. The van der Waals surface area contributed by atoms with E-state index in [-0.39, 0.29) is 0 Å². The zero-order valence-corrected chi connectivity index (χ0v) is 11.9. The van der Waals surface area contributed by atoms with Gasteiger partial charge in [0, 0.05) is 12.0 Å². The van der Waals surface area contributed by atoms with Crippen molar-refractivity contribution in [1.29, 1.82) is 5.26 Å². The van der Waals surface area contributed by atoms with Crippen LogP contribution in [0.4, 0.5) is 0 Å². The first-order valence-corrected chi connectivity index (χ1v) is 7.03. The summed E-state index contributed by atoms with van der Waals surface area (Å²) >= 11 is 0. The van der Waals surface area contributed by atoms with E-state index in [0.29, 0.717) is 18.8 Å². The molecule has 0 fully saturated rings. The van der Waals surface area contributed by atoms with Gasteiger partial charge in [0.1, 0.15) is 16.8 Å². The van der Waals surface area contributed by atoms with Crippen molar-refractivity contribution in [2.75, 3.05) is 6.61 Å². The molecule has 0 spiro atoms. The van der Waals surface area contributed by atoms with Crippen molar-refractivity contribution in [1.82, 2.24) is 0 Å². The highest BCUT2D eigenvalue weighted by Crippen LogP contribution is 2.49. The fourth-order valence-electron chi connectivity index (χ4n) is 3.13. The molecule has 0 radical (unpaired) electrons. The van der Waals surface area contributed by atoms with Crippen molar-refractivity contribution < 1.29 is 9.84 Å². The van der Waals surface area contributed by atoms with Crippen molar-refractivity contribution in [3.63, 3.8) is 0 Å². The summed E-state index contributed by atoms with van der Waals surface area (Å²) in [7, 11) is 0. The third kappa shape index (κ3) is 1.91. The minimum atomic E-state index is -1.29. The van der Waals surface area contributed by atoms with Gasteiger partial charge >= 0.3 is 0 Å². The van der Waals surface area contributed by atoms with Gasteiger partial charge in [0.05, 0.1) is 12.7 Å². The first-order valence-electron chi connectivity index (χ1n) is 7.03. The first kappa shape index (κ1) is 13.7. The molecule has 3 rings (SSSR count). The molecular formula is C18H17NO2. The Morgan fingerprint density at radius 3 is 2.52 bits per heavy atom. The summed E-state index contributed by atoms with van der Waals surface area (Å²) in [5.74, 6) is 0.682. The average molecular weight is 279 g/mol. The zero-order valence-electron chi connectivity index (χ0n) is 11.9. The van der Waals surface area contributed by atoms with Crippen LogP contribution in [-0.4, -0.2) is 11.7 Å². The van der Waals surface area contributed by atoms with Crippen LogP contribution in [0.3, 0.4) is 0 Å². The molecule has 0 aliphatic carbocycles. The monoisotopic (exact) mass is 279 g/mol. The highest BCUT2D eigenvalue weighted by Gasteiger charge is 2.52. The number of nitriles is 1. The molecule has 106 valence electrons. The molecule has 21 heavy (non-hydrogen) atoms. The highest BCUT2D eigenvalue weighted by molar-refractivity contribution is 5.50. The Kier molecular flexibility index (Phi) is 3.19. The standard InChI is InChI=1S/C18H17NO2/c1-17(20,14-7-3-2-4-8-14)18(13-19)11-12-21-16-10-6-5-9-15(16)18/h2-10,20H,11-12H2,1H3. The van der Waals surface area contributed by atoms with Crippen molar-refractivity contribution in [2.24, 2.45) is 0 Å². The van der Waals surface area contributed by atoms with Crippen LogP contribution in [0.15, 0.2) is 54.6 Å². The largest absolute Gasteiger partial charge is 0.493 e. The molecule has 0 saturated heterocycles. The van der Waals surface area contributed by atoms with E-state index in [9.17, 15) is 10.4 Å². The first-order chi connectivity index (χ1) is 10.1. The number of hydrogen-bond acceptors (Lipinski definition) is 3. The fraction of sp³-hybridized carbons (Fsp3) is 0.278. The van der Waals surface area contributed by atoms with Gasteiger partial charge in [-0.1, -0.05) is 48.5 Å². The number of para-hydroxylation sites is 1. The second-order valence-corrected chi connectivity index (χ2v) is 5.55. The SMILES string of the molecule is CC(O)(c1ccccc1)C1(C#N)CCOc2ccccc21. The van der Waals surface area contributed by atoms with Crippen molar-refractivity contribution in [3.8, 4) is 11.8 Å². The third-order valence-corrected chi connectivity index (χ3v) is 4.44. The summed E-state index contributed by atoms with van der Waals surface area (Å²) in [5.41, 5.74) is -0.803. The van der Waals surface area contributed by atoms with E-state index >= 15 is 0 Å². The predicted octanol–water partition coefficient (Wildman–Crippen LogP) is 3.14. The minimum Gasteiger partial charge on any atom is -0.493 e. The van der Waals surface area contributed by atoms with Crippen LogP contribution in [-0.2, 0) is 11.0 Å². The smallest absolute Gasteiger partial charge is 0.124 e. The van der Waals surface area contributed by atoms with Gasteiger partial charge in [0.25, 0.3) is 0 Å². The molecule has 2 aromatic carbocycles. The Labute approximate surface area is 124 Å². The lowest BCUT2D eigenvalue weighted by Gasteiger charge is -2.43. The lowest BCUT2D eigenvalue weighted by molar-refractivity contribution is -0.0207. The van der Waals surface area contributed by atoms with Gasteiger partial charge in [-0.2, -0.15) is 5.26 Å². The van der Waals surface area contributed by atoms with E-state index in [2.05, 4.69) is 6.07 Å². The molecule has 1 aliphatic heterocycles. The summed E-state index contributed by atoms with van der Waals surface area (Å²) in [6.45, 7) is 2.14.